The SMILES string of the molecule is COc1cc(S(=O)(=O)NCC[NH+]2CCCC2)ccc1NC(C)=O. The number of likely N-dealkylation sites (tertiary alicyclic amines) is 1. The number of anilines is 1. The van der Waals surface area contributed by atoms with E-state index in [0.717, 1.165) is 19.6 Å². The van der Waals surface area contributed by atoms with E-state index in [4.69, 9.17) is 4.74 Å². The van der Waals surface area contributed by atoms with E-state index >= 15 is 0 Å². The summed E-state index contributed by atoms with van der Waals surface area (Å²) in [4.78, 5) is 12.7. The van der Waals surface area contributed by atoms with Gasteiger partial charge in [-0.15, -0.1) is 0 Å². The lowest BCUT2D eigenvalue weighted by atomic mass is 10.3. The Hall–Kier alpha value is -1.64. The van der Waals surface area contributed by atoms with Gasteiger partial charge in [0, 0.05) is 25.8 Å². The van der Waals surface area contributed by atoms with Gasteiger partial charge in [-0.05, 0) is 12.1 Å². The first-order valence-electron chi connectivity index (χ1n) is 7.71. The lowest BCUT2D eigenvalue weighted by molar-refractivity contribution is -0.886. The van der Waals surface area contributed by atoms with Crippen molar-refractivity contribution in [1.82, 2.24) is 4.72 Å². The van der Waals surface area contributed by atoms with Gasteiger partial charge in [0.1, 0.15) is 5.75 Å². The van der Waals surface area contributed by atoms with E-state index in [0.29, 0.717) is 18.0 Å². The van der Waals surface area contributed by atoms with Gasteiger partial charge in [0.05, 0.1) is 43.9 Å². The van der Waals surface area contributed by atoms with Crippen molar-refractivity contribution in [3.05, 3.63) is 18.2 Å². The van der Waals surface area contributed by atoms with Gasteiger partial charge in [0.2, 0.25) is 15.9 Å². The molecule has 8 heteroatoms. The number of carbonyl (C=O) groups is 1. The van der Waals surface area contributed by atoms with E-state index in [1.54, 1.807) is 0 Å². The van der Waals surface area contributed by atoms with Crippen molar-refractivity contribution in [3.8, 4) is 5.75 Å². The monoisotopic (exact) mass is 342 g/mol. The standard InChI is InChI=1S/C15H23N3O4S/c1-12(19)17-14-6-5-13(11-15(14)22-2)23(20,21)16-7-10-18-8-3-4-9-18/h5-6,11,16H,3-4,7-10H2,1-2H3,(H,17,19)/p+1. The number of methoxy groups -OCH3 is 1. The molecule has 128 valence electrons. The maximum atomic E-state index is 12.3. The third-order valence-electron chi connectivity index (χ3n) is 3.88. The van der Waals surface area contributed by atoms with Crippen LogP contribution in [0.15, 0.2) is 23.1 Å². The summed E-state index contributed by atoms with van der Waals surface area (Å²) in [5.41, 5.74) is 0.445. The van der Waals surface area contributed by atoms with Crippen LogP contribution in [0.25, 0.3) is 0 Å². The van der Waals surface area contributed by atoms with Crippen LogP contribution in [0.5, 0.6) is 5.75 Å². The number of carbonyl (C=O) groups excluding carboxylic acids is 1. The molecule has 7 nitrogen and oxygen atoms in total. The number of nitrogens with one attached hydrogen (secondary N) is 3. The van der Waals surface area contributed by atoms with Crippen LogP contribution in [0.2, 0.25) is 0 Å². The Morgan fingerprint density at radius 2 is 2.00 bits per heavy atom. The van der Waals surface area contributed by atoms with Crippen LogP contribution in [-0.4, -0.2) is 47.6 Å². The van der Waals surface area contributed by atoms with E-state index in [2.05, 4.69) is 10.0 Å². The van der Waals surface area contributed by atoms with Crippen LogP contribution in [0.4, 0.5) is 5.69 Å². The number of hydrogen-bond acceptors (Lipinski definition) is 4. The highest BCUT2D eigenvalue weighted by atomic mass is 32.2. The maximum Gasteiger partial charge on any atom is 0.240 e. The Kier molecular flexibility index (Phi) is 5.97. The molecule has 1 saturated heterocycles. The van der Waals surface area contributed by atoms with Gasteiger partial charge in [0.25, 0.3) is 0 Å². The van der Waals surface area contributed by atoms with E-state index < -0.39 is 10.0 Å². The molecule has 1 aromatic rings. The summed E-state index contributed by atoms with van der Waals surface area (Å²) in [6, 6.07) is 4.40. The van der Waals surface area contributed by atoms with Crippen molar-refractivity contribution in [2.45, 2.75) is 24.7 Å². The van der Waals surface area contributed by atoms with Crippen LogP contribution >= 0.6 is 0 Å². The maximum absolute atomic E-state index is 12.3. The van der Waals surface area contributed by atoms with Crippen LogP contribution in [0.1, 0.15) is 19.8 Å². The quantitative estimate of drug-likeness (QED) is 0.630. The summed E-state index contributed by atoms with van der Waals surface area (Å²) < 4.78 is 32.5. The number of rotatable bonds is 7. The smallest absolute Gasteiger partial charge is 0.240 e. The van der Waals surface area contributed by atoms with Crippen molar-refractivity contribution >= 4 is 21.6 Å². The summed E-state index contributed by atoms with van der Waals surface area (Å²) in [5, 5.41) is 2.60. The van der Waals surface area contributed by atoms with Gasteiger partial charge in [0.15, 0.2) is 0 Å². The number of hydrogen-bond donors (Lipinski definition) is 3. The topological polar surface area (TPSA) is 88.9 Å². The highest BCUT2D eigenvalue weighted by molar-refractivity contribution is 7.89. The molecule has 0 unspecified atom stereocenters. The van der Waals surface area contributed by atoms with Gasteiger partial charge in [-0.25, -0.2) is 13.1 Å². The summed E-state index contributed by atoms with van der Waals surface area (Å²) in [7, 11) is -2.15. The number of benzene rings is 1. The third-order valence-corrected chi connectivity index (χ3v) is 5.33. The lowest BCUT2D eigenvalue weighted by Gasteiger charge is -2.14. The number of quaternary nitrogens is 1. The molecule has 0 bridgehead atoms. The van der Waals surface area contributed by atoms with Crippen LogP contribution in [0.3, 0.4) is 0 Å². The molecule has 1 aliphatic rings. The molecule has 2 rings (SSSR count). The second-order valence-corrected chi connectivity index (χ2v) is 7.42. The molecular weight excluding hydrogens is 318 g/mol. The first-order chi connectivity index (χ1) is 10.9. The predicted octanol–water partition coefficient (Wildman–Crippen LogP) is -0.389. The van der Waals surface area contributed by atoms with Crippen molar-refractivity contribution in [3.63, 3.8) is 0 Å². The van der Waals surface area contributed by atoms with Gasteiger partial charge < -0.3 is 15.0 Å². The zero-order valence-electron chi connectivity index (χ0n) is 13.5. The molecule has 0 saturated carbocycles. The fourth-order valence-electron chi connectivity index (χ4n) is 2.70. The Balaban J connectivity index is 2.04. The van der Waals surface area contributed by atoms with Crippen LogP contribution < -0.4 is 19.7 Å². The van der Waals surface area contributed by atoms with Crippen molar-refractivity contribution in [2.75, 3.05) is 38.6 Å². The number of sulfonamides is 1. The molecule has 1 fully saturated rings. The average Bonchev–Trinajstić information content (AvgIpc) is 3.00. The number of amides is 1. The highest BCUT2D eigenvalue weighted by Gasteiger charge is 2.19. The lowest BCUT2D eigenvalue weighted by Crippen LogP contribution is -3.10. The molecular formula is C15H24N3O4S+. The molecule has 0 aromatic heterocycles. The van der Waals surface area contributed by atoms with E-state index in [-0.39, 0.29) is 10.8 Å². The van der Waals surface area contributed by atoms with Crippen LogP contribution in [0, 0.1) is 0 Å². The average molecular weight is 342 g/mol. The Labute approximate surface area is 137 Å². The molecule has 0 aliphatic carbocycles. The van der Waals surface area contributed by atoms with E-state index in [1.165, 1.54) is 50.0 Å². The molecule has 23 heavy (non-hydrogen) atoms. The van der Waals surface area contributed by atoms with Gasteiger partial charge in [-0.1, -0.05) is 0 Å². The minimum absolute atomic E-state index is 0.125. The first kappa shape index (κ1) is 17.7. The van der Waals surface area contributed by atoms with Crippen molar-refractivity contribution < 1.29 is 22.8 Å². The van der Waals surface area contributed by atoms with Crippen molar-refractivity contribution in [2.24, 2.45) is 0 Å². The summed E-state index contributed by atoms with van der Waals surface area (Å²) >= 11 is 0. The molecule has 1 aliphatic heterocycles. The summed E-state index contributed by atoms with van der Waals surface area (Å²) in [6.07, 6.45) is 2.42. The zero-order chi connectivity index (χ0) is 16.9. The van der Waals surface area contributed by atoms with Crippen LogP contribution in [-0.2, 0) is 14.8 Å². The highest BCUT2D eigenvalue weighted by Crippen LogP contribution is 2.27. The summed E-state index contributed by atoms with van der Waals surface area (Å²) in [6.45, 7) is 4.81. The number of ether oxygens (including phenoxy) is 1. The molecule has 0 radical (unpaired) electrons. The molecule has 1 aromatic carbocycles. The first-order valence-corrected chi connectivity index (χ1v) is 9.19. The molecule has 1 heterocycles. The summed E-state index contributed by atoms with van der Waals surface area (Å²) in [5.74, 6) is 0.0684. The Morgan fingerprint density at radius 1 is 1.30 bits per heavy atom. The third kappa shape index (κ3) is 4.92. The molecule has 0 spiro atoms. The normalized spacial score (nSPS) is 15.6. The fraction of sp³-hybridized carbons (Fsp3) is 0.533. The van der Waals surface area contributed by atoms with E-state index in [9.17, 15) is 13.2 Å². The molecule has 0 atom stereocenters. The minimum atomic E-state index is -3.59. The second kappa shape index (κ2) is 7.76. The molecule has 1 amide bonds. The minimum Gasteiger partial charge on any atom is -0.495 e. The van der Waals surface area contributed by atoms with Gasteiger partial charge in [-0.3, -0.25) is 4.79 Å². The Morgan fingerprint density at radius 3 is 2.61 bits per heavy atom. The Bertz CT molecular complexity index is 655. The zero-order valence-corrected chi connectivity index (χ0v) is 14.3. The van der Waals surface area contributed by atoms with Gasteiger partial charge >= 0.3 is 0 Å². The van der Waals surface area contributed by atoms with Gasteiger partial charge in [-0.2, -0.15) is 0 Å². The molecule has 3 N–H and O–H groups in total. The predicted molar refractivity (Wildman–Crippen MR) is 87.3 cm³/mol. The largest absolute Gasteiger partial charge is 0.495 e. The van der Waals surface area contributed by atoms with E-state index in [1.807, 2.05) is 0 Å². The van der Waals surface area contributed by atoms with Crippen molar-refractivity contribution in [1.29, 1.82) is 0 Å². The fourth-order valence-corrected chi connectivity index (χ4v) is 3.75. The second-order valence-electron chi connectivity index (χ2n) is 5.65.